The van der Waals surface area contributed by atoms with Gasteiger partial charge < -0.3 is 0 Å². The van der Waals surface area contributed by atoms with E-state index in [2.05, 4.69) is 0 Å². The molecule has 0 unspecified atom stereocenters. The van der Waals surface area contributed by atoms with Crippen LogP contribution in [0, 0.1) is 0 Å². The van der Waals surface area contributed by atoms with Gasteiger partial charge in [0, 0.05) is 0 Å². The van der Waals surface area contributed by atoms with Gasteiger partial charge in [0.2, 0.25) is 0 Å². The summed E-state index contributed by atoms with van der Waals surface area (Å²) in [5.74, 6) is 0. The fourth-order valence-corrected chi connectivity index (χ4v) is 0. The molecule has 0 nitrogen and oxygen atoms in total. The molecular formula is H48Al16. The number of rotatable bonds is 0. The first-order chi connectivity index (χ1) is 0. The normalized spacial score (nSPS) is 0. The molecule has 0 aliphatic rings. The highest BCUT2D eigenvalue weighted by Crippen LogP contribution is -0.366. The Hall–Kier alpha value is 8.52. The Morgan fingerprint density at radius 1 is 0.0625 bits per heavy atom. The lowest BCUT2D eigenvalue weighted by atomic mass is 27.0. The molecular weight excluding hydrogens is 432 g/mol. The van der Waals surface area contributed by atoms with Crippen molar-refractivity contribution in [2.75, 3.05) is 0 Å². The zero-order valence-corrected chi connectivity index (χ0v) is 0. The third-order valence-corrected chi connectivity index (χ3v) is 0. The third-order valence-electron chi connectivity index (χ3n) is 0. The minimum atomic E-state index is 0. The molecule has 0 spiro atoms. The average Bonchev–Trinajstić information content (AvgIpc) is 0. The van der Waals surface area contributed by atoms with E-state index in [1.807, 2.05) is 0 Å². The molecule has 0 rings (SSSR count). The summed E-state index contributed by atoms with van der Waals surface area (Å²) in [5, 5.41) is 0. The van der Waals surface area contributed by atoms with Gasteiger partial charge in [-0.25, -0.2) is 0 Å². The topological polar surface area (TPSA) is 0 Å². The second-order valence-corrected chi connectivity index (χ2v) is 0. The molecule has 0 aliphatic heterocycles. The van der Waals surface area contributed by atoms with Gasteiger partial charge in [0.05, 0.1) is 0 Å². The van der Waals surface area contributed by atoms with Gasteiger partial charge >= 0.3 is 0 Å². The summed E-state index contributed by atoms with van der Waals surface area (Å²) in [6.45, 7) is 0. The zero-order chi connectivity index (χ0) is 0. The van der Waals surface area contributed by atoms with E-state index in [1.54, 1.807) is 0 Å². The molecule has 0 saturated carbocycles. The van der Waals surface area contributed by atoms with E-state index in [9.17, 15) is 0 Å². The summed E-state index contributed by atoms with van der Waals surface area (Å²) in [7, 11) is 0. The second-order valence-electron chi connectivity index (χ2n) is 0. The SMILES string of the molecule is [AlH3].[AlH3].[AlH3].[AlH3].[AlH3].[AlH3].[AlH3].[AlH3].[AlH3].[AlH3].[AlH3].[AlH3].[AlH3].[AlH3].[AlH3].[AlH3]. The summed E-state index contributed by atoms with van der Waals surface area (Å²) in [6.07, 6.45) is 0. The van der Waals surface area contributed by atoms with Crippen molar-refractivity contribution >= 4 is 278 Å². The molecule has 0 saturated heterocycles. The quantitative estimate of drug-likeness (QED) is 0.303. The van der Waals surface area contributed by atoms with Crippen LogP contribution in [-0.2, 0) is 0 Å². The van der Waals surface area contributed by atoms with Gasteiger partial charge in [-0.2, -0.15) is 0 Å². The van der Waals surface area contributed by atoms with Gasteiger partial charge in [-0.1, -0.05) is 0 Å². The summed E-state index contributed by atoms with van der Waals surface area (Å²) < 4.78 is 0. The van der Waals surface area contributed by atoms with Crippen LogP contribution in [0.4, 0.5) is 0 Å². The molecule has 0 aliphatic carbocycles. The summed E-state index contributed by atoms with van der Waals surface area (Å²) >= 11 is 0. The highest BCUT2D eigenvalue weighted by Gasteiger charge is 0.202. The maximum atomic E-state index is 0. The van der Waals surface area contributed by atoms with Crippen molar-refractivity contribution < 1.29 is 0 Å². The highest BCUT2D eigenvalue weighted by molar-refractivity contribution is 5.77. The van der Waals surface area contributed by atoms with Gasteiger partial charge in [-0.05, 0) is 0 Å². The summed E-state index contributed by atoms with van der Waals surface area (Å²) in [5.41, 5.74) is 0. The smallest absolute Gasteiger partial charge is 0.187 e. The number of hydrogen-bond donors (Lipinski definition) is 0. The standard InChI is InChI=1S/16Al.48H. The Balaban J connectivity index is 0. The summed E-state index contributed by atoms with van der Waals surface area (Å²) in [6, 6.07) is 0. The molecule has 0 amide bonds. The van der Waals surface area contributed by atoms with Crippen molar-refractivity contribution in [3.8, 4) is 0 Å². The van der Waals surface area contributed by atoms with Crippen LogP contribution in [0.3, 0.4) is 0 Å². The summed E-state index contributed by atoms with van der Waals surface area (Å²) in [4.78, 5) is 0. The van der Waals surface area contributed by atoms with E-state index < -0.39 is 0 Å². The third kappa shape index (κ3) is 144. The molecule has 16 heavy (non-hydrogen) atoms. The largest absolute Gasteiger partial charge is 0.187 e. The van der Waals surface area contributed by atoms with Gasteiger partial charge in [0.25, 0.3) is 0 Å². The van der Waals surface area contributed by atoms with Crippen LogP contribution in [0.1, 0.15) is 0 Å². The van der Waals surface area contributed by atoms with Gasteiger partial charge in [-0.15, -0.1) is 0 Å². The molecule has 0 atom stereocenters. The molecule has 96 valence electrons. The van der Waals surface area contributed by atoms with E-state index in [0.29, 0.717) is 0 Å². The molecule has 0 aromatic carbocycles. The highest BCUT2D eigenvalue weighted by atomic mass is 27.0. The van der Waals surface area contributed by atoms with Crippen LogP contribution in [0.2, 0.25) is 0 Å². The predicted molar refractivity (Wildman–Crippen MR) is 159 cm³/mol. The van der Waals surface area contributed by atoms with Crippen molar-refractivity contribution in [2.45, 2.75) is 0 Å². The first-order valence-corrected chi connectivity index (χ1v) is 0. The monoisotopic (exact) mass is 480 g/mol. The average molecular weight is 480 g/mol. The van der Waals surface area contributed by atoms with Crippen molar-refractivity contribution in [1.82, 2.24) is 0 Å². The maximum absolute atomic E-state index is 0. The van der Waals surface area contributed by atoms with Crippen molar-refractivity contribution in [3.63, 3.8) is 0 Å². The predicted octanol–water partition coefficient (Wildman–Crippen LogP) is -18.9. The van der Waals surface area contributed by atoms with E-state index in [-0.39, 0.29) is 278 Å². The minimum Gasteiger partial charge on any atom is 0.187 e. The molecule has 0 bridgehead atoms. The second kappa shape index (κ2) is 164. The van der Waals surface area contributed by atoms with Gasteiger partial charge in [0.1, 0.15) is 0 Å². The molecule has 0 fully saturated rings. The molecule has 0 aromatic heterocycles. The fourth-order valence-electron chi connectivity index (χ4n) is 0. The van der Waals surface area contributed by atoms with Crippen LogP contribution < -0.4 is 0 Å². The fraction of sp³-hybridized carbons (Fsp3) is 0. The molecule has 0 radical (unpaired) electrons. The van der Waals surface area contributed by atoms with Crippen LogP contribution in [-0.4, -0.2) is 278 Å². The van der Waals surface area contributed by atoms with E-state index in [0.717, 1.165) is 0 Å². The lowest BCUT2D eigenvalue weighted by molar-refractivity contribution is 5.75. The first-order valence-electron chi connectivity index (χ1n) is 0. The lowest BCUT2D eigenvalue weighted by Gasteiger charge is 0.186. The first kappa shape index (κ1) is 187. The minimum absolute atomic E-state index is 0. The molecule has 0 heterocycles. The van der Waals surface area contributed by atoms with E-state index in [1.165, 1.54) is 0 Å². The van der Waals surface area contributed by atoms with Crippen molar-refractivity contribution in [2.24, 2.45) is 0 Å². The van der Waals surface area contributed by atoms with E-state index >= 15 is 0 Å². The molecule has 0 aromatic rings. The van der Waals surface area contributed by atoms with Gasteiger partial charge in [0.15, 0.2) is 278 Å². The van der Waals surface area contributed by atoms with Crippen LogP contribution >= 0.6 is 0 Å². The van der Waals surface area contributed by atoms with Crippen LogP contribution in [0.5, 0.6) is 0 Å². The molecule has 0 N–H and O–H groups in total. The maximum Gasteiger partial charge on any atom is 0.187 e. The van der Waals surface area contributed by atoms with Crippen LogP contribution in [0.15, 0.2) is 0 Å². The zero-order valence-electron chi connectivity index (χ0n) is 0. The Morgan fingerprint density at radius 3 is 0.0625 bits per heavy atom. The Kier molecular flexibility index (Phi) is 1920. The Morgan fingerprint density at radius 2 is 0.0625 bits per heavy atom. The Labute approximate surface area is 271 Å². The lowest BCUT2D eigenvalue weighted by Crippen LogP contribution is -0.382. The van der Waals surface area contributed by atoms with Crippen molar-refractivity contribution in [3.05, 3.63) is 0 Å². The van der Waals surface area contributed by atoms with Crippen LogP contribution in [0.25, 0.3) is 0 Å². The Bertz CT molecular complexity index is 0. The molecule has 16 heteroatoms. The van der Waals surface area contributed by atoms with Crippen molar-refractivity contribution in [1.29, 1.82) is 0 Å². The number of hydrogen-bond acceptors (Lipinski definition) is 0. The van der Waals surface area contributed by atoms with E-state index in [4.69, 9.17) is 0 Å². The van der Waals surface area contributed by atoms with Gasteiger partial charge in [-0.3, -0.25) is 0 Å².